The van der Waals surface area contributed by atoms with Gasteiger partial charge in [-0.15, -0.1) is 0 Å². The molecule has 0 atom stereocenters. The van der Waals surface area contributed by atoms with Gasteiger partial charge in [0.25, 0.3) is 0 Å². The van der Waals surface area contributed by atoms with Crippen LogP contribution < -0.4 is 0 Å². The van der Waals surface area contributed by atoms with Crippen LogP contribution in [0.3, 0.4) is 0 Å². The summed E-state index contributed by atoms with van der Waals surface area (Å²) in [5.74, 6) is 0. The molecule has 0 saturated carbocycles. The fraction of sp³-hybridized carbons (Fsp3) is 0.545. The second-order valence-corrected chi connectivity index (χ2v) is 3.77. The Morgan fingerprint density at radius 1 is 1.43 bits per heavy atom. The van der Waals surface area contributed by atoms with Gasteiger partial charge in [-0.2, -0.15) is 0 Å². The number of hydrogen-bond acceptors (Lipinski definition) is 2. The number of rotatable bonds is 3. The molecule has 0 radical (unpaired) electrons. The molecule has 2 rings (SSSR count). The van der Waals surface area contributed by atoms with Crippen LogP contribution in [0, 0.1) is 0 Å². The van der Waals surface area contributed by atoms with Crippen molar-refractivity contribution < 1.29 is 4.39 Å². The lowest BCUT2D eigenvalue weighted by Gasteiger charge is -2.33. The molecule has 0 amide bonds. The lowest BCUT2D eigenvalue weighted by molar-refractivity contribution is 0.0580. The molecule has 1 aromatic rings. The lowest BCUT2D eigenvalue weighted by atomic mass is 10.1. The van der Waals surface area contributed by atoms with Crippen LogP contribution >= 0.6 is 0 Å². The van der Waals surface area contributed by atoms with Crippen molar-refractivity contribution in [2.75, 3.05) is 13.1 Å². The standard InChI is InChI=1S/C11H15FN2/c1-2-10-4-3-5-11(13-10)8-14-6-9(12)7-14/h3-5,9H,2,6-8H2,1H3. The van der Waals surface area contributed by atoms with Crippen LogP contribution in [-0.4, -0.2) is 29.1 Å². The van der Waals surface area contributed by atoms with E-state index in [1.165, 1.54) is 0 Å². The van der Waals surface area contributed by atoms with E-state index in [0.29, 0.717) is 13.1 Å². The van der Waals surface area contributed by atoms with E-state index < -0.39 is 6.17 Å². The third-order valence-corrected chi connectivity index (χ3v) is 2.52. The molecule has 0 aromatic carbocycles. The maximum atomic E-state index is 12.6. The summed E-state index contributed by atoms with van der Waals surface area (Å²) in [6.07, 6.45) is 0.337. The van der Waals surface area contributed by atoms with Gasteiger partial charge in [0.2, 0.25) is 0 Å². The number of likely N-dealkylation sites (tertiary alicyclic amines) is 1. The Hall–Kier alpha value is -0.960. The maximum absolute atomic E-state index is 12.6. The predicted octanol–water partition coefficient (Wildman–Crippen LogP) is 1.80. The molecule has 14 heavy (non-hydrogen) atoms. The monoisotopic (exact) mass is 194 g/mol. The SMILES string of the molecule is CCc1cccc(CN2CC(F)C2)n1. The quantitative estimate of drug-likeness (QED) is 0.729. The van der Waals surface area contributed by atoms with Crippen molar-refractivity contribution >= 4 is 0 Å². The van der Waals surface area contributed by atoms with Crippen LogP contribution in [-0.2, 0) is 13.0 Å². The van der Waals surface area contributed by atoms with Crippen molar-refractivity contribution in [3.05, 3.63) is 29.6 Å². The lowest BCUT2D eigenvalue weighted by Crippen LogP contribution is -2.47. The molecule has 0 N–H and O–H groups in total. The average molecular weight is 194 g/mol. The van der Waals surface area contributed by atoms with E-state index in [0.717, 1.165) is 24.4 Å². The smallest absolute Gasteiger partial charge is 0.125 e. The Morgan fingerprint density at radius 3 is 2.79 bits per heavy atom. The Balaban J connectivity index is 1.95. The Kier molecular flexibility index (Phi) is 2.77. The first-order chi connectivity index (χ1) is 6.78. The Bertz CT molecular complexity index is 308. The number of hydrogen-bond donors (Lipinski definition) is 0. The molecule has 2 nitrogen and oxygen atoms in total. The second kappa shape index (κ2) is 4.05. The van der Waals surface area contributed by atoms with E-state index in [-0.39, 0.29) is 0 Å². The van der Waals surface area contributed by atoms with Gasteiger partial charge in [-0.25, -0.2) is 4.39 Å². The minimum atomic E-state index is -0.621. The van der Waals surface area contributed by atoms with Gasteiger partial charge in [0.05, 0.1) is 5.69 Å². The van der Waals surface area contributed by atoms with E-state index >= 15 is 0 Å². The molecule has 1 fully saturated rings. The molecule has 1 aliphatic heterocycles. The highest BCUT2D eigenvalue weighted by Crippen LogP contribution is 2.14. The molecule has 0 bridgehead atoms. The van der Waals surface area contributed by atoms with Gasteiger partial charge < -0.3 is 0 Å². The summed E-state index contributed by atoms with van der Waals surface area (Å²) in [4.78, 5) is 6.55. The zero-order chi connectivity index (χ0) is 9.97. The van der Waals surface area contributed by atoms with Crippen molar-refractivity contribution in [2.45, 2.75) is 26.1 Å². The molecule has 3 heteroatoms. The number of aromatic nitrogens is 1. The number of halogens is 1. The number of nitrogens with zero attached hydrogens (tertiary/aromatic N) is 2. The molecular formula is C11H15FN2. The van der Waals surface area contributed by atoms with Crippen LogP contribution in [0.15, 0.2) is 18.2 Å². The maximum Gasteiger partial charge on any atom is 0.125 e. The van der Waals surface area contributed by atoms with Crippen LogP contribution in [0.2, 0.25) is 0 Å². The first-order valence-corrected chi connectivity index (χ1v) is 5.09. The van der Waals surface area contributed by atoms with E-state index in [1.807, 2.05) is 18.2 Å². The summed E-state index contributed by atoms with van der Waals surface area (Å²) in [6, 6.07) is 6.05. The van der Waals surface area contributed by atoms with Gasteiger partial charge >= 0.3 is 0 Å². The van der Waals surface area contributed by atoms with Crippen molar-refractivity contribution in [2.24, 2.45) is 0 Å². The number of alkyl halides is 1. The second-order valence-electron chi connectivity index (χ2n) is 3.77. The van der Waals surface area contributed by atoms with E-state index in [4.69, 9.17) is 0 Å². The summed E-state index contributed by atoms with van der Waals surface area (Å²) in [5.41, 5.74) is 2.16. The fourth-order valence-corrected chi connectivity index (χ4v) is 1.68. The Labute approximate surface area is 83.8 Å². The van der Waals surface area contributed by atoms with Gasteiger partial charge in [-0.3, -0.25) is 9.88 Å². The number of aryl methyl sites for hydroxylation is 1. The predicted molar refractivity (Wildman–Crippen MR) is 53.8 cm³/mol. The third-order valence-electron chi connectivity index (χ3n) is 2.52. The van der Waals surface area contributed by atoms with Crippen LogP contribution in [0.5, 0.6) is 0 Å². The van der Waals surface area contributed by atoms with Crippen LogP contribution in [0.25, 0.3) is 0 Å². The largest absolute Gasteiger partial charge is 0.292 e. The van der Waals surface area contributed by atoms with E-state index in [2.05, 4.69) is 16.8 Å². The molecule has 76 valence electrons. The molecular weight excluding hydrogens is 179 g/mol. The van der Waals surface area contributed by atoms with Crippen molar-refractivity contribution in [3.8, 4) is 0 Å². The first-order valence-electron chi connectivity index (χ1n) is 5.09. The van der Waals surface area contributed by atoms with Gasteiger partial charge in [0, 0.05) is 25.3 Å². The first kappa shape index (κ1) is 9.59. The summed E-state index contributed by atoms with van der Waals surface area (Å²) >= 11 is 0. The molecule has 2 heterocycles. The average Bonchev–Trinajstić information content (AvgIpc) is 2.16. The summed E-state index contributed by atoms with van der Waals surface area (Å²) in [5, 5.41) is 0. The molecule has 1 aromatic heterocycles. The molecule has 0 spiro atoms. The van der Waals surface area contributed by atoms with Crippen molar-refractivity contribution in [3.63, 3.8) is 0 Å². The topological polar surface area (TPSA) is 16.1 Å². The van der Waals surface area contributed by atoms with Crippen molar-refractivity contribution in [1.29, 1.82) is 0 Å². The fourth-order valence-electron chi connectivity index (χ4n) is 1.68. The molecule has 0 unspecified atom stereocenters. The van der Waals surface area contributed by atoms with E-state index in [9.17, 15) is 4.39 Å². The van der Waals surface area contributed by atoms with Gasteiger partial charge in [0.15, 0.2) is 0 Å². The molecule has 1 aliphatic rings. The normalized spacial score (nSPS) is 18.1. The minimum Gasteiger partial charge on any atom is -0.292 e. The highest BCUT2D eigenvalue weighted by Gasteiger charge is 2.25. The highest BCUT2D eigenvalue weighted by molar-refractivity contribution is 5.11. The van der Waals surface area contributed by atoms with Gasteiger partial charge in [-0.05, 0) is 18.6 Å². The minimum absolute atomic E-state index is 0.567. The van der Waals surface area contributed by atoms with Crippen molar-refractivity contribution in [1.82, 2.24) is 9.88 Å². The summed E-state index contributed by atoms with van der Waals surface area (Å²) < 4.78 is 12.6. The summed E-state index contributed by atoms with van der Waals surface area (Å²) in [6.45, 7) is 4.01. The third kappa shape index (κ3) is 2.10. The van der Waals surface area contributed by atoms with E-state index in [1.54, 1.807) is 0 Å². The Morgan fingerprint density at radius 2 is 2.14 bits per heavy atom. The zero-order valence-electron chi connectivity index (χ0n) is 8.41. The number of pyridine rings is 1. The summed E-state index contributed by atoms with van der Waals surface area (Å²) in [7, 11) is 0. The van der Waals surface area contributed by atoms with Gasteiger partial charge in [-0.1, -0.05) is 13.0 Å². The molecule has 1 saturated heterocycles. The highest BCUT2D eigenvalue weighted by atomic mass is 19.1. The zero-order valence-corrected chi connectivity index (χ0v) is 8.41. The van der Waals surface area contributed by atoms with Gasteiger partial charge in [0.1, 0.15) is 6.17 Å². The van der Waals surface area contributed by atoms with Crippen LogP contribution in [0.4, 0.5) is 4.39 Å². The van der Waals surface area contributed by atoms with Crippen LogP contribution in [0.1, 0.15) is 18.3 Å². The molecule has 0 aliphatic carbocycles.